The summed E-state index contributed by atoms with van der Waals surface area (Å²) >= 11 is 3.58. The van der Waals surface area contributed by atoms with E-state index in [1.165, 1.54) is 21.9 Å². The molecule has 0 aliphatic carbocycles. The second-order valence-corrected chi connectivity index (χ2v) is 13.1. The Balaban J connectivity index is 0.000000157. The Morgan fingerprint density at radius 2 is 0.800 bits per heavy atom. The summed E-state index contributed by atoms with van der Waals surface area (Å²) in [6.45, 7) is 2.03. The summed E-state index contributed by atoms with van der Waals surface area (Å²) in [6.07, 6.45) is -1.22. The van der Waals surface area contributed by atoms with Crippen molar-refractivity contribution < 1.29 is 4.42 Å². The Kier molecular flexibility index (Phi) is 9.64. The van der Waals surface area contributed by atoms with Crippen LogP contribution < -0.4 is 27.5 Å². The van der Waals surface area contributed by atoms with Crippen molar-refractivity contribution in [2.24, 2.45) is 0 Å². The molecule has 8 rings (SSSR count). The van der Waals surface area contributed by atoms with E-state index in [0.29, 0.717) is 11.1 Å². The molecule has 0 N–H and O–H groups in total. The molecule has 0 bridgehead atoms. The highest BCUT2D eigenvalue weighted by Crippen LogP contribution is 2.36. The number of hydrogen-bond acceptors (Lipinski definition) is 2. The first-order valence-electron chi connectivity index (χ1n) is 16.9. The van der Waals surface area contributed by atoms with Crippen molar-refractivity contribution in [3.63, 3.8) is 0 Å². The molecule has 4 heteroatoms. The zero-order valence-corrected chi connectivity index (χ0v) is 28.9. The highest BCUT2D eigenvalue weighted by molar-refractivity contribution is 7.58. The summed E-state index contributed by atoms with van der Waals surface area (Å²) in [5.74, 6) is 0. The summed E-state index contributed by atoms with van der Waals surface area (Å²) < 4.78 is 5.66. The van der Waals surface area contributed by atoms with Gasteiger partial charge in [-0.2, -0.15) is 21.9 Å². The van der Waals surface area contributed by atoms with E-state index in [2.05, 4.69) is 140 Å². The minimum absolute atomic E-state index is 0.326. The molecule has 0 aliphatic rings. The van der Waals surface area contributed by atoms with Gasteiger partial charge in [0.15, 0.2) is 4.90 Å². The van der Waals surface area contributed by atoms with Gasteiger partial charge >= 0.3 is 5.63 Å². The predicted octanol–water partition coefficient (Wildman–Crippen LogP) is 7.87. The van der Waals surface area contributed by atoms with Crippen LogP contribution in [-0.4, -0.2) is 6.15 Å². The van der Waals surface area contributed by atoms with Crippen LogP contribution >= 0.6 is 0 Å². The normalized spacial score (nSPS) is 11.1. The lowest BCUT2D eigenvalue weighted by atomic mass is 9.13. The Bertz CT molecular complexity index is 2220. The van der Waals surface area contributed by atoms with Crippen molar-refractivity contribution >= 4 is 51.6 Å². The van der Waals surface area contributed by atoms with Gasteiger partial charge in [0, 0.05) is 22.6 Å². The molecule has 0 unspecified atom stereocenters. The van der Waals surface area contributed by atoms with Gasteiger partial charge < -0.3 is 4.42 Å². The maximum absolute atomic E-state index is 12.8. The van der Waals surface area contributed by atoms with Gasteiger partial charge in [-0.1, -0.05) is 182 Å². The van der Waals surface area contributed by atoms with Crippen LogP contribution in [0, 0.1) is 6.92 Å². The number of benzene rings is 7. The second-order valence-electron chi connectivity index (χ2n) is 12.5. The smallest absolute Gasteiger partial charge is 0.344 e. The maximum atomic E-state index is 12.8. The third-order valence-electron chi connectivity index (χ3n) is 9.58. The lowest BCUT2D eigenvalue weighted by molar-refractivity contribution is 0.563. The molecule has 1 aromatic heterocycles. The first-order chi connectivity index (χ1) is 24.6. The minimum atomic E-state index is -1.22. The van der Waals surface area contributed by atoms with Gasteiger partial charge in [0.05, 0.1) is 5.56 Å². The lowest BCUT2D eigenvalue weighted by Gasteiger charge is -2.44. The molecule has 0 atom stereocenters. The van der Waals surface area contributed by atoms with E-state index in [-0.39, 0.29) is 5.63 Å². The van der Waals surface area contributed by atoms with E-state index in [1.54, 1.807) is 0 Å². The lowest BCUT2D eigenvalue weighted by Crippen LogP contribution is -2.74. The zero-order valence-electron chi connectivity index (χ0n) is 27.9. The van der Waals surface area contributed by atoms with Gasteiger partial charge in [-0.05, 0) is 36.7 Å². The van der Waals surface area contributed by atoms with Crippen LogP contribution in [0.2, 0.25) is 0 Å². The first kappa shape index (κ1) is 32.7. The third kappa shape index (κ3) is 6.34. The van der Waals surface area contributed by atoms with Gasteiger partial charge in [-0.25, -0.2) is 4.79 Å². The van der Waals surface area contributed by atoms with E-state index >= 15 is 0 Å². The Labute approximate surface area is 299 Å². The van der Waals surface area contributed by atoms with E-state index in [0.717, 1.165) is 32.5 Å². The van der Waals surface area contributed by atoms with Crippen LogP contribution in [-0.2, 0) is 12.6 Å². The van der Waals surface area contributed by atoms with Crippen molar-refractivity contribution in [1.82, 2.24) is 0 Å². The molecule has 0 saturated carbocycles. The molecular weight excluding hydrogens is 627 g/mol. The average molecular weight is 665 g/mol. The molecule has 0 fully saturated rings. The fourth-order valence-electron chi connectivity index (χ4n) is 7.25. The van der Waals surface area contributed by atoms with Gasteiger partial charge in [-0.15, -0.1) is 0 Å². The number of fused-ring (bicyclic) bond motifs is 1. The number of hydrogen-bond donors (Lipinski definition) is 0. The molecule has 0 aliphatic heterocycles. The average Bonchev–Trinajstić information content (AvgIpc) is 3.18. The van der Waals surface area contributed by atoms with Crippen LogP contribution in [0.1, 0.15) is 5.56 Å². The van der Waals surface area contributed by atoms with Crippen molar-refractivity contribution in [3.8, 4) is 22.3 Å². The van der Waals surface area contributed by atoms with Crippen molar-refractivity contribution in [2.75, 3.05) is 0 Å². The van der Waals surface area contributed by atoms with Gasteiger partial charge in [0.1, 0.15) is 11.7 Å². The van der Waals surface area contributed by atoms with Crippen molar-refractivity contribution in [2.45, 2.75) is 11.8 Å². The van der Waals surface area contributed by atoms with Crippen molar-refractivity contribution in [1.29, 1.82) is 0 Å². The molecule has 0 saturated heterocycles. The van der Waals surface area contributed by atoms with Crippen LogP contribution in [0.15, 0.2) is 208 Å². The largest absolute Gasteiger partial charge is 0.422 e. The van der Waals surface area contributed by atoms with Crippen molar-refractivity contribution in [3.05, 3.63) is 210 Å². The highest BCUT2D eigenvalue weighted by Gasteiger charge is 2.31. The summed E-state index contributed by atoms with van der Waals surface area (Å²) in [7, 11) is 0. The van der Waals surface area contributed by atoms with Gasteiger partial charge in [0.25, 0.3) is 0 Å². The number of rotatable bonds is 6. The van der Waals surface area contributed by atoms with Gasteiger partial charge in [0.2, 0.25) is 0 Å². The molecule has 242 valence electrons. The van der Waals surface area contributed by atoms with E-state index < -0.39 is 6.15 Å². The fraction of sp³-hybridized carbons (Fsp3) is 0.0217. The van der Waals surface area contributed by atoms with E-state index in [4.69, 9.17) is 4.42 Å². The van der Waals surface area contributed by atoms with Crippen LogP contribution in [0.5, 0.6) is 0 Å². The van der Waals surface area contributed by atoms with Crippen LogP contribution in [0.4, 0.5) is 0 Å². The fourth-order valence-corrected chi connectivity index (χ4v) is 7.45. The SMILES string of the molecule is Cc1cc2c(-c3ccccc3)c(-c3ccccc3)c(=O)oc2cc1[SH2+].c1ccc([B-](c2ccccc2)(c2ccccc2)c2ccccc2)cc1. The summed E-state index contributed by atoms with van der Waals surface area (Å²) in [6, 6.07) is 67.1. The molecule has 1 heterocycles. The Morgan fingerprint density at radius 3 is 1.18 bits per heavy atom. The van der Waals surface area contributed by atoms with Gasteiger partial charge in [-0.3, -0.25) is 0 Å². The molecule has 0 spiro atoms. The summed E-state index contributed by atoms with van der Waals surface area (Å²) in [4.78, 5) is 13.8. The molecular formula is C46H37BO2S. The Hall–Kier alpha value is -5.84. The van der Waals surface area contributed by atoms with Crippen LogP contribution in [0.25, 0.3) is 33.2 Å². The minimum Gasteiger partial charge on any atom is -0.422 e. The topological polar surface area (TPSA) is 30.2 Å². The van der Waals surface area contributed by atoms with E-state index in [9.17, 15) is 4.79 Å². The predicted molar refractivity (Wildman–Crippen MR) is 217 cm³/mol. The monoisotopic (exact) mass is 664 g/mol. The standard InChI is InChI=1S/C24H20B.C22H16O2S/c1-5-13-21(14-6-1)25(22-15-7-2-8-16-22,23-17-9-3-10-18-23)24-19-11-4-12-20-24;1-14-12-17-18(13-19(14)25)24-22(23)21(16-10-6-3-7-11-16)20(17)15-8-4-2-5-9-15/h1-20H;2-13,25H,1H3/q-1;/p+1. The molecule has 8 aromatic rings. The highest BCUT2D eigenvalue weighted by atomic mass is 32.1. The zero-order chi connectivity index (χ0) is 34.3. The van der Waals surface area contributed by atoms with E-state index in [1.807, 2.05) is 73.7 Å². The molecule has 50 heavy (non-hydrogen) atoms. The Morgan fingerprint density at radius 1 is 0.460 bits per heavy atom. The molecule has 7 aromatic carbocycles. The second kappa shape index (κ2) is 14.7. The summed E-state index contributed by atoms with van der Waals surface area (Å²) in [5, 5.41) is 0.934. The number of aryl methyl sites for hydroxylation is 1. The molecule has 0 amide bonds. The molecule has 0 radical (unpaired) electrons. The third-order valence-corrected chi connectivity index (χ3v) is 10.1. The maximum Gasteiger partial charge on any atom is 0.344 e. The summed E-state index contributed by atoms with van der Waals surface area (Å²) in [5.41, 5.74) is 10.1. The quantitative estimate of drug-likeness (QED) is 0.103. The first-order valence-corrected chi connectivity index (χ1v) is 17.4. The molecule has 2 nitrogen and oxygen atoms in total. The van der Waals surface area contributed by atoms with Crippen LogP contribution in [0.3, 0.4) is 0 Å².